The molecule has 0 unspecified atom stereocenters. The van der Waals surface area contributed by atoms with Crippen LogP contribution in [0.5, 0.6) is 0 Å². The van der Waals surface area contributed by atoms with Gasteiger partial charge in [0, 0.05) is 49.3 Å². The third-order valence-corrected chi connectivity index (χ3v) is 5.37. The normalized spacial score (nSPS) is 14.9. The van der Waals surface area contributed by atoms with E-state index in [4.69, 9.17) is 0 Å². The summed E-state index contributed by atoms with van der Waals surface area (Å²) in [5.41, 5.74) is 2.62. The van der Waals surface area contributed by atoms with E-state index in [1.165, 1.54) is 18.5 Å². The van der Waals surface area contributed by atoms with Gasteiger partial charge in [0.2, 0.25) is 0 Å². The van der Waals surface area contributed by atoms with Crippen molar-refractivity contribution in [3.8, 4) is 0 Å². The van der Waals surface area contributed by atoms with Crippen LogP contribution in [0.3, 0.4) is 0 Å². The summed E-state index contributed by atoms with van der Waals surface area (Å²) in [6.45, 7) is 10.5. The van der Waals surface area contributed by atoms with Gasteiger partial charge in [-0.2, -0.15) is 0 Å². The highest BCUT2D eigenvalue weighted by Gasteiger charge is 2.18. The Morgan fingerprint density at radius 1 is 1.15 bits per heavy atom. The minimum Gasteiger partial charge on any atom is -0.372 e. The molecule has 1 aliphatic rings. The number of aromatic nitrogens is 1. The summed E-state index contributed by atoms with van der Waals surface area (Å²) >= 11 is 0. The third kappa shape index (κ3) is 4.79. The number of piperidine rings is 1. The van der Waals surface area contributed by atoms with Gasteiger partial charge in [0.25, 0.3) is 5.91 Å². The number of rotatable bonds is 6. The molecule has 3 rings (SSSR count). The Morgan fingerprint density at radius 3 is 2.44 bits per heavy atom. The van der Waals surface area contributed by atoms with Crippen LogP contribution in [0.1, 0.15) is 44.0 Å². The first-order valence-electron chi connectivity index (χ1n) is 9.98. The number of anilines is 3. The number of nitrogens with one attached hydrogen (secondary N) is 1. The van der Waals surface area contributed by atoms with Crippen molar-refractivity contribution < 1.29 is 4.79 Å². The second-order valence-electron chi connectivity index (χ2n) is 7.25. The lowest BCUT2D eigenvalue weighted by Gasteiger charge is -2.31. The van der Waals surface area contributed by atoms with Crippen molar-refractivity contribution in [2.45, 2.75) is 33.6 Å². The Kier molecular flexibility index (Phi) is 6.32. The Labute approximate surface area is 162 Å². The molecule has 0 aliphatic carbocycles. The maximum atomic E-state index is 12.7. The molecule has 27 heavy (non-hydrogen) atoms. The first-order valence-corrected chi connectivity index (χ1v) is 9.98. The molecule has 144 valence electrons. The van der Waals surface area contributed by atoms with Crippen LogP contribution in [0, 0.1) is 5.92 Å². The van der Waals surface area contributed by atoms with Crippen LogP contribution in [0.2, 0.25) is 0 Å². The quantitative estimate of drug-likeness (QED) is 0.822. The SMILES string of the molecule is CCN(CC)c1ccc(NC(=O)c2ccnc(N3CCC(C)CC3)c2)cc1. The molecule has 1 aromatic heterocycles. The lowest BCUT2D eigenvalue weighted by molar-refractivity contribution is 0.102. The van der Waals surface area contributed by atoms with Crippen molar-refractivity contribution in [1.29, 1.82) is 0 Å². The fraction of sp³-hybridized carbons (Fsp3) is 0.455. The van der Waals surface area contributed by atoms with Crippen LogP contribution >= 0.6 is 0 Å². The topological polar surface area (TPSA) is 48.5 Å². The van der Waals surface area contributed by atoms with Crippen LogP contribution in [0.15, 0.2) is 42.6 Å². The Balaban J connectivity index is 1.66. The fourth-order valence-corrected chi connectivity index (χ4v) is 3.52. The van der Waals surface area contributed by atoms with E-state index in [1.807, 2.05) is 18.2 Å². The first kappa shape index (κ1) is 19.2. The number of hydrogen-bond donors (Lipinski definition) is 1. The number of pyridine rings is 1. The predicted molar refractivity (Wildman–Crippen MR) is 113 cm³/mol. The molecule has 0 atom stereocenters. The van der Waals surface area contributed by atoms with Crippen molar-refractivity contribution in [3.63, 3.8) is 0 Å². The highest BCUT2D eigenvalue weighted by Crippen LogP contribution is 2.23. The summed E-state index contributed by atoms with van der Waals surface area (Å²) in [7, 11) is 0. The Hall–Kier alpha value is -2.56. The van der Waals surface area contributed by atoms with Gasteiger partial charge in [-0.15, -0.1) is 0 Å². The summed E-state index contributed by atoms with van der Waals surface area (Å²) in [5.74, 6) is 1.57. The van der Waals surface area contributed by atoms with Crippen LogP contribution in [-0.4, -0.2) is 37.1 Å². The van der Waals surface area contributed by atoms with Crippen molar-refractivity contribution >= 4 is 23.1 Å². The average molecular weight is 367 g/mol. The standard InChI is InChI=1S/C22H30N4O/c1-4-25(5-2)20-8-6-19(7-9-20)24-22(27)18-10-13-23-21(16-18)26-14-11-17(3)12-15-26/h6-10,13,16-17H,4-5,11-12,14-15H2,1-3H3,(H,24,27). The molecule has 1 aliphatic heterocycles. The zero-order valence-corrected chi connectivity index (χ0v) is 16.6. The molecule has 2 heterocycles. The predicted octanol–water partition coefficient (Wildman–Crippen LogP) is 4.42. The highest BCUT2D eigenvalue weighted by atomic mass is 16.1. The number of hydrogen-bond acceptors (Lipinski definition) is 4. The van der Waals surface area contributed by atoms with Crippen LogP contribution in [-0.2, 0) is 0 Å². The lowest BCUT2D eigenvalue weighted by atomic mass is 9.99. The number of nitrogens with zero attached hydrogens (tertiary/aromatic N) is 3. The third-order valence-electron chi connectivity index (χ3n) is 5.37. The molecule has 0 saturated carbocycles. The zero-order chi connectivity index (χ0) is 19.2. The highest BCUT2D eigenvalue weighted by molar-refractivity contribution is 6.04. The van der Waals surface area contributed by atoms with Crippen LogP contribution in [0.4, 0.5) is 17.2 Å². The van der Waals surface area contributed by atoms with Crippen LogP contribution in [0.25, 0.3) is 0 Å². The zero-order valence-electron chi connectivity index (χ0n) is 16.6. The van der Waals surface area contributed by atoms with E-state index in [2.05, 4.69) is 53.0 Å². The van der Waals surface area contributed by atoms with E-state index in [0.29, 0.717) is 5.56 Å². The van der Waals surface area contributed by atoms with Crippen molar-refractivity contribution in [3.05, 3.63) is 48.2 Å². The minimum atomic E-state index is -0.0976. The van der Waals surface area contributed by atoms with Crippen molar-refractivity contribution in [2.75, 3.05) is 41.3 Å². The van der Waals surface area contributed by atoms with Gasteiger partial charge in [-0.3, -0.25) is 4.79 Å². The number of carbonyl (C=O) groups is 1. The lowest BCUT2D eigenvalue weighted by Crippen LogP contribution is -2.33. The molecule has 0 radical (unpaired) electrons. The molecule has 5 heteroatoms. The maximum absolute atomic E-state index is 12.7. The molecule has 1 fully saturated rings. The van der Waals surface area contributed by atoms with E-state index < -0.39 is 0 Å². The second-order valence-corrected chi connectivity index (χ2v) is 7.25. The molecule has 1 amide bonds. The van der Waals surface area contributed by atoms with Gasteiger partial charge in [-0.05, 0) is 69.0 Å². The minimum absolute atomic E-state index is 0.0976. The summed E-state index contributed by atoms with van der Waals surface area (Å²) in [4.78, 5) is 21.7. The van der Waals surface area contributed by atoms with Gasteiger partial charge in [0.15, 0.2) is 0 Å². The molecule has 5 nitrogen and oxygen atoms in total. The number of amides is 1. The van der Waals surface area contributed by atoms with E-state index >= 15 is 0 Å². The Morgan fingerprint density at radius 2 is 1.81 bits per heavy atom. The fourth-order valence-electron chi connectivity index (χ4n) is 3.52. The average Bonchev–Trinajstić information content (AvgIpc) is 2.71. The molecular weight excluding hydrogens is 336 g/mol. The van der Waals surface area contributed by atoms with Gasteiger partial charge >= 0.3 is 0 Å². The van der Waals surface area contributed by atoms with Crippen LogP contribution < -0.4 is 15.1 Å². The van der Waals surface area contributed by atoms with E-state index in [9.17, 15) is 4.79 Å². The largest absolute Gasteiger partial charge is 0.372 e. The van der Waals surface area contributed by atoms with E-state index in [1.54, 1.807) is 12.3 Å². The van der Waals surface area contributed by atoms with Gasteiger partial charge in [-0.25, -0.2) is 4.98 Å². The van der Waals surface area contributed by atoms with Gasteiger partial charge in [0.1, 0.15) is 5.82 Å². The van der Waals surface area contributed by atoms with Gasteiger partial charge in [0.05, 0.1) is 0 Å². The molecule has 2 aromatic rings. The molecule has 1 N–H and O–H groups in total. The first-order chi connectivity index (χ1) is 13.1. The van der Waals surface area contributed by atoms with Crippen molar-refractivity contribution in [2.24, 2.45) is 5.92 Å². The maximum Gasteiger partial charge on any atom is 0.255 e. The summed E-state index contributed by atoms with van der Waals surface area (Å²) in [6, 6.07) is 11.7. The van der Waals surface area contributed by atoms with Gasteiger partial charge < -0.3 is 15.1 Å². The van der Waals surface area contributed by atoms with Gasteiger partial charge in [-0.1, -0.05) is 6.92 Å². The monoisotopic (exact) mass is 366 g/mol. The smallest absolute Gasteiger partial charge is 0.255 e. The molecule has 1 saturated heterocycles. The molecule has 0 bridgehead atoms. The Bertz CT molecular complexity index is 747. The van der Waals surface area contributed by atoms with E-state index in [0.717, 1.165) is 43.6 Å². The molecule has 1 aromatic carbocycles. The van der Waals surface area contributed by atoms with E-state index in [-0.39, 0.29) is 5.91 Å². The molecular formula is C22H30N4O. The summed E-state index contributed by atoms with van der Waals surface area (Å²) in [6.07, 6.45) is 4.08. The molecule has 0 spiro atoms. The number of benzene rings is 1. The summed E-state index contributed by atoms with van der Waals surface area (Å²) in [5, 5.41) is 2.99. The second kappa shape index (κ2) is 8.89. The summed E-state index contributed by atoms with van der Waals surface area (Å²) < 4.78 is 0. The van der Waals surface area contributed by atoms with Crippen molar-refractivity contribution in [1.82, 2.24) is 4.98 Å². The number of carbonyl (C=O) groups excluding carboxylic acids is 1.